The van der Waals surface area contributed by atoms with Crippen LogP contribution in [0.1, 0.15) is 35.7 Å². The molecule has 126 valence electrons. The van der Waals surface area contributed by atoms with E-state index in [0.717, 1.165) is 0 Å². The first-order valence-corrected chi connectivity index (χ1v) is 7.66. The highest BCUT2D eigenvalue weighted by Gasteiger charge is 2.18. The highest BCUT2D eigenvalue weighted by Crippen LogP contribution is 2.25. The number of carbonyl (C=O) groups is 1. The van der Waals surface area contributed by atoms with Gasteiger partial charge in [0.2, 0.25) is 0 Å². The number of amides is 1. The molecule has 0 saturated carbocycles. The van der Waals surface area contributed by atoms with Gasteiger partial charge in [0.1, 0.15) is 0 Å². The maximum atomic E-state index is 12.6. The number of nitrogens with one attached hydrogen (secondary N) is 1. The van der Waals surface area contributed by atoms with Crippen molar-refractivity contribution in [1.29, 1.82) is 0 Å². The molecule has 2 aromatic rings. The van der Waals surface area contributed by atoms with Crippen LogP contribution in [0.2, 0.25) is 0 Å². The summed E-state index contributed by atoms with van der Waals surface area (Å²) in [5.74, 6) is 0.0339. The van der Waals surface area contributed by atoms with Crippen LogP contribution in [0.5, 0.6) is 0 Å². The average Bonchev–Trinajstić information content (AvgIpc) is 2.54. The summed E-state index contributed by atoms with van der Waals surface area (Å²) in [6.07, 6.45) is 0. The SMILES string of the molecule is CC(C)c1ccc(NC(=O)c2cc([N+](=O)[O-])ccc2N(C)C)cc1. The first-order valence-electron chi connectivity index (χ1n) is 7.66. The summed E-state index contributed by atoms with van der Waals surface area (Å²) < 4.78 is 0. The molecule has 0 heterocycles. The smallest absolute Gasteiger partial charge is 0.270 e. The minimum atomic E-state index is -0.506. The third-order valence-corrected chi connectivity index (χ3v) is 3.75. The molecule has 0 fully saturated rings. The molecule has 0 aliphatic carbocycles. The lowest BCUT2D eigenvalue weighted by Crippen LogP contribution is -2.18. The number of anilines is 2. The Morgan fingerprint density at radius 2 is 1.75 bits per heavy atom. The van der Waals surface area contributed by atoms with Crippen molar-refractivity contribution in [2.24, 2.45) is 0 Å². The lowest BCUT2D eigenvalue weighted by molar-refractivity contribution is -0.384. The van der Waals surface area contributed by atoms with E-state index < -0.39 is 4.92 Å². The van der Waals surface area contributed by atoms with E-state index in [-0.39, 0.29) is 17.2 Å². The van der Waals surface area contributed by atoms with Gasteiger partial charge < -0.3 is 10.2 Å². The van der Waals surface area contributed by atoms with Crippen molar-refractivity contribution >= 4 is 23.0 Å². The fourth-order valence-corrected chi connectivity index (χ4v) is 2.36. The van der Waals surface area contributed by atoms with E-state index in [2.05, 4.69) is 19.2 Å². The molecule has 0 aliphatic heterocycles. The fraction of sp³-hybridized carbons (Fsp3) is 0.278. The standard InChI is InChI=1S/C18H21N3O3/c1-12(2)13-5-7-14(8-6-13)19-18(22)16-11-15(21(23)24)9-10-17(16)20(3)4/h5-12H,1-4H3,(H,19,22). The molecule has 2 aromatic carbocycles. The largest absolute Gasteiger partial charge is 0.377 e. The minimum Gasteiger partial charge on any atom is -0.377 e. The van der Waals surface area contributed by atoms with Crippen LogP contribution < -0.4 is 10.2 Å². The molecule has 6 heteroatoms. The summed E-state index contributed by atoms with van der Waals surface area (Å²) in [5.41, 5.74) is 2.61. The number of benzene rings is 2. The topological polar surface area (TPSA) is 75.5 Å². The van der Waals surface area contributed by atoms with Gasteiger partial charge in [0.05, 0.1) is 10.5 Å². The van der Waals surface area contributed by atoms with Crippen LogP contribution in [0.4, 0.5) is 17.1 Å². The van der Waals surface area contributed by atoms with Crippen molar-refractivity contribution in [2.75, 3.05) is 24.3 Å². The van der Waals surface area contributed by atoms with Crippen LogP contribution in [0.25, 0.3) is 0 Å². The Morgan fingerprint density at radius 1 is 1.12 bits per heavy atom. The van der Waals surface area contributed by atoms with E-state index in [9.17, 15) is 14.9 Å². The average molecular weight is 327 g/mol. The zero-order valence-corrected chi connectivity index (χ0v) is 14.2. The summed E-state index contributed by atoms with van der Waals surface area (Å²) in [4.78, 5) is 24.8. The Morgan fingerprint density at radius 3 is 2.25 bits per heavy atom. The number of nitro groups is 1. The number of hydrogen-bond acceptors (Lipinski definition) is 4. The Balaban J connectivity index is 2.30. The molecule has 0 unspecified atom stereocenters. The van der Waals surface area contributed by atoms with Gasteiger partial charge in [-0.2, -0.15) is 0 Å². The van der Waals surface area contributed by atoms with Gasteiger partial charge in [0.15, 0.2) is 0 Å². The van der Waals surface area contributed by atoms with Crippen molar-refractivity contribution in [1.82, 2.24) is 0 Å². The first kappa shape index (κ1) is 17.5. The quantitative estimate of drug-likeness (QED) is 0.664. The second-order valence-electron chi connectivity index (χ2n) is 6.08. The molecule has 0 spiro atoms. The molecule has 0 aromatic heterocycles. The van der Waals surface area contributed by atoms with Crippen LogP contribution in [-0.4, -0.2) is 24.9 Å². The van der Waals surface area contributed by atoms with E-state index in [1.165, 1.54) is 17.7 Å². The Bertz CT molecular complexity index is 753. The second kappa shape index (κ2) is 7.12. The Kier molecular flexibility index (Phi) is 5.18. The van der Waals surface area contributed by atoms with Gasteiger partial charge in [-0.1, -0.05) is 26.0 Å². The van der Waals surface area contributed by atoms with Gasteiger partial charge in [-0.05, 0) is 29.7 Å². The summed E-state index contributed by atoms with van der Waals surface area (Å²) in [6.45, 7) is 4.19. The van der Waals surface area contributed by atoms with E-state index in [1.807, 2.05) is 24.3 Å². The van der Waals surface area contributed by atoms with E-state index >= 15 is 0 Å². The van der Waals surface area contributed by atoms with Gasteiger partial charge in [-0.3, -0.25) is 14.9 Å². The third-order valence-electron chi connectivity index (χ3n) is 3.75. The third kappa shape index (κ3) is 3.90. The number of non-ortho nitro benzene ring substituents is 1. The predicted molar refractivity (Wildman–Crippen MR) is 95.9 cm³/mol. The summed E-state index contributed by atoms with van der Waals surface area (Å²) in [5, 5.41) is 13.8. The Hall–Kier alpha value is -2.89. The van der Waals surface area contributed by atoms with Gasteiger partial charge in [0.25, 0.3) is 11.6 Å². The summed E-state index contributed by atoms with van der Waals surface area (Å²) in [7, 11) is 3.57. The molecule has 6 nitrogen and oxygen atoms in total. The molecule has 0 saturated heterocycles. The maximum absolute atomic E-state index is 12.6. The molecule has 0 atom stereocenters. The van der Waals surface area contributed by atoms with Crippen molar-refractivity contribution in [3.05, 3.63) is 63.7 Å². The van der Waals surface area contributed by atoms with Gasteiger partial charge in [-0.15, -0.1) is 0 Å². The highest BCUT2D eigenvalue weighted by molar-refractivity contribution is 6.08. The zero-order valence-electron chi connectivity index (χ0n) is 14.2. The zero-order chi connectivity index (χ0) is 17.9. The van der Waals surface area contributed by atoms with Gasteiger partial charge in [-0.25, -0.2) is 0 Å². The molecule has 2 rings (SSSR count). The molecular formula is C18H21N3O3. The van der Waals surface area contributed by atoms with Crippen LogP contribution in [0.15, 0.2) is 42.5 Å². The number of nitrogens with zero attached hydrogens (tertiary/aromatic N) is 2. The molecular weight excluding hydrogens is 306 g/mol. The molecule has 0 radical (unpaired) electrons. The van der Waals surface area contributed by atoms with Crippen LogP contribution >= 0.6 is 0 Å². The predicted octanol–water partition coefficient (Wildman–Crippen LogP) is 4.04. The lowest BCUT2D eigenvalue weighted by Gasteiger charge is -2.17. The normalized spacial score (nSPS) is 10.5. The maximum Gasteiger partial charge on any atom is 0.270 e. The van der Waals surface area contributed by atoms with Crippen molar-refractivity contribution < 1.29 is 9.72 Å². The van der Waals surface area contributed by atoms with Gasteiger partial charge >= 0.3 is 0 Å². The number of hydrogen-bond donors (Lipinski definition) is 1. The van der Waals surface area contributed by atoms with Gasteiger partial charge in [0, 0.05) is 37.6 Å². The van der Waals surface area contributed by atoms with Crippen LogP contribution in [0.3, 0.4) is 0 Å². The lowest BCUT2D eigenvalue weighted by atomic mass is 10.0. The minimum absolute atomic E-state index is 0.110. The second-order valence-corrected chi connectivity index (χ2v) is 6.08. The molecule has 0 aliphatic rings. The number of rotatable bonds is 5. The monoisotopic (exact) mass is 327 g/mol. The highest BCUT2D eigenvalue weighted by atomic mass is 16.6. The first-order chi connectivity index (χ1) is 11.3. The number of nitro benzene ring substituents is 1. The van der Waals surface area contributed by atoms with E-state index in [4.69, 9.17) is 0 Å². The molecule has 0 bridgehead atoms. The van der Waals surface area contributed by atoms with Crippen LogP contribution in [-0.2, 0) is 0 Å². The van der Waals surface area contributed by atoms with E-state index in [1.54, 1.807) is 25.1 Å². The number of carbonyl (C=O) groups excluding carboxylic acids is 1. The molecule has 1 N–H and O–H groups in total. The van der Waals surface area contributed by atoms with Crippen molar-refractivity contribution in [3.8, 4) is 0 Å². The van der Waals surface area contributed by atoms with Crippen LogP contribution in [0, 0.1) is 10.1 Å². The van der Waals surface area contributed by atoms with Crippen molar-refractivity contribution in [3.63, 3.8) is 0 Å². The molecule has 1 amide bonds. The van der Waals surface area contributed by atoms with E-state index in [0.29, 0.717) is 17.3 Å². The van der Waals surface area contributed by atoms with Crippen molar-refractivity contribution in [2.45, 2.75) is 19.8 Å². The Labute approximate surface area is 141 Å². The summed E-state index contributed by atoms with van der Waals surface area (Å²) >= 11 is 0. The fourth-order valence-electron chi connectivity index (χ4n) is 2.36. The molecule has 24 heavy (non-hydrogen) atoms. The summed E-state index contributed by atoms with van der Waals surface area (Å²) in [6, 6.07) is 11.9.